The van der Waals surface area contributed by atoms with Crippen molar-refractivity contribution in [3.8, 4) is 11.4 Å². The normalized spacial score (nSPS) is 12.3. The average Bonchev–Trinajstić information content (AvgIpc) is 3.49. The van der Waals surface area contributed by atoms with E-state index in [1.165, 1.54) is 35.5 Å². The molecule has 0 spiro atoms. The minimum atomic E-state index is -0.542. The zero-order valence-electron chi connectivity index (χ0n) is 20.5. The number of furan rings is 1. The number of aromatic nitrogens is 3. The fourth-order valence-electron chi connectivity index (χ4n) is 3.56. The van der Waals surface area contributed by atoms with E-state index in [1.807, 2.05) is 28.8 Å². The lowest BCUT2D eigenvalue weighted by molar-refractivity contribution is -0.384. The van der Waals surface area contributed by atoms with Crippen LogP contribution in [0, 0.1) is 10.1 Å². The highest BCUT2D eigenvalue weighted by atomic mass is 32.2. The lowest BCUT2D eigenvalue weighted by Crippen LogP contribution is -2.23. The fourth-order valence-corrected chi connectivity index (χ4v) is 4.41. The number of nitro groups is 1. The predicted octanol–water partition coefficient (Wildman–Crippen LogP) is 5.91. The number of rotatable bonds is 8. The SMILES string of the molecule is C[C@@H](Sc1nnc(-c2ccc(C(C)(C)C)cc2)n1Cc1ccco1)C(=O)Nc1cccc([N+](=O)[O-])c1. The zero-order valence-corrected chi connectivity index (χ0v) is 21.3. The van der Waals surface area contributed by atoms with Crippen LogP contribution < -0.4 is 5.32 Å². The summed E-state index contributed by atoms with van der Waals surface area (Å²) in [5.41, 5.74) is 2.42. The molecule has 0 fully saturated rings. The highest BCUT2D eigenvalue weighted by Crippen LogP contribution is 2.30. The summed E-state index contributed by atoms with van der Waals surface area (Å²) in [4.78, 5) is 23.4. The number of nitro benzene ring substituents is 1. The molecule has 9 nitrogen and oxygen atoms in total. The van der Waals surface area contributed by atoms with Crippen molar-refractivity contribution in [2.75, 3.05) is 5.32 Å². The fraction of sp³-hybridized carbons (Fsp3) is 0.269. The van der Waals surface area contributed by atoms with E-state index >= 15 is 0 Å². The molecule has 2 heterocycles. The number of nitrogens with one attached hydrogen (secondary N) is 1. The largest absolute Gasteiger partial charge is 0.467 e. The number of carbonyl (C=O) groups excluding carboxylic acids is 1. The molecule has 36 heavy (non-hydrogen) atoms. The van der Waals surface area contributed by atoms with Crippen LogP contribution in [-0.2, 0) is 16.8 Å². The molecule has 1 N–H and O–H groups in total. The highest BCUT2D eigenvalue weighted by Gasteiger charge is 2.23. The number of hydrogen-bond donors (Lipinski definition) is 1. The van der Waals surface area contributed by atoms with Crippen LogP contribution in [0.3, 0.4) is 0 Å². The molecule has 0 aliphatic rings. The molecule has 0 unspecified atom stereocenters. The first-order valence-electron chi connectivity index (χ1n) is 11.4. The first kappa shape index (κ1) is 25.2. The summed E-state index contributed by atoms with van der Waals surface area (Å²) in [5, 5.41) is 22.6. The average molecular weight is 506 g/mol. The lowest BCUT2D eigenvalue weighted by atomic mass is 9.87. The third-order valence-corrected chi connectivity index (χ3v) is 6.68. The molecule has 0 aliphatic heterocycles. The first-order chi connectivity index (χ1) is 17.1. The van der Waals surface area contributed by atoms with Gasteiger partial charge in [0.05, 0.1) is 23.0 Å². The Hall–Kier alpha value is -3.92. The summed E-state index contributed by atoms with van der Waals surface area (Å²) in [6, 6.07) is 17.8. The van der Waals surface area contributed by atoms with Crippen LogP contribution in [0.1, 0.15) is 39.0 Å². The first-order valence-corrected chi connectivity index (χ1v) is 12.3. The second-order valence-electron chi connectivity index (χ2n) is 9.36. The number of thioether (sulfide) groups is 1. The Labute approximate surface area is 213 Å². The Kier molecular flexibility index (Phi) is 7.25. The minimum absolute atomic E-state index is 0.0311. The van der Waals surface area contributed by atoms with Crippen molar-refractivity contribution < 1.29 is 14.1 Å². The summed E-state index contributed by atoms with van der Waals surface area (Å²) in [5.74, 6) is 1.10. The van der Waals surface area contributed by atoms with Crippen molar-refractivity contribution in [1.29, 1.82) is 0 Å². The van der Waals surface area contributed by atoms with Gasteiger partial charge in [0.2, 0.25) is 5.91 Å². The number of anilines is 1. The maximum atomic E-state index is 12.9. The molecule has 2 aromatic heterocycles. The molecule has 2 aromatic carbocycles. The Bertz CT molecular complexity index is 1360. The van der Waals surface area contributed by atoms with Crippen LogP contribution in [0.25, 0.3) is 11.4 Å². The molecule has 4 aromatic rings. The van der Waals surface area contributed by atoms with E-state index in [9.17, 15) is 14.9 Å². The summed E-state index contributed by atoms with van der Waals surface area (Å²) < 4.78 is 7.48. The minimum Gasteiger partial charge on any atom is -0.467 e. The Morgan fingerprint density at radius 2 is 1.89 bits per heavy atom. The van der Waals surface area contributed by atoms with Gasteiger partial charge in [-0.3, -0.25) is 19.5 Å². The third kappa shape index (κ3) is 5.83. The quantitative estimate of drug-likeness (QED) is 0.180. The van der Waals surface area contributed by atoms with Crippen molar-refractivity contribution in [3.05, 3.63) is 88.4 Å². The molecule has 0 saturated heterocycles. The summed E-state index contributed by atoms with van der Waals surface area (Å²) in [6.07, 6.45) is 1.61. The van der Waals surface area contributed by atoms with E-state index in [0.717, 1.165) is 11.3 Å². The van der Waals surface area contributed by atoms with Crippen LogP contribution in [0.5, 0.6) is 0 Å². The summed E-state index contributed by atoms with van der Waals surface area (Å²) in [7, 11) is 0. The van der Waals surface area contributed by atoms with E-state index in [-0.39, 0.29) is 17.0 Å². The topological polar surface area (TPSA) is 116 Å². The number of non-ortho nitro benzene ring substituents is 1. The molecular formula is C26H27N5O4S. The van der Waals surface area contributed by atoms with Crippen LogP contribution in [0.2, 0.25) is 0 Å². The number of nitrogens with zero attached hydrogens (tertiary/aromatic N) is 4. The number of amides is 1. The third-order valence-electron chi connectivity index (χ3n) is 5.60. The van der Waals surface area contributed by atoms with Gasteiger partial charge >= 0.3 is 0 Å². The predicted molar refractivity (Wildman–Crippen MR) is 139 cm³/mol. The number of hydrogen-bond acceptors (Lipinski definition) is 7. The second kappa shape index (κ2) is 10.4. The molecule has 186 valence electrons. The molecule has 10 heteroatoms. The van der Waals surface area contributed by atoms with Gasteiger partial charge in [0.15, 0.2) is 11.0 Å². The number of benzene rings is 2. The van der Waals surface area contributed by atoms with Gasteiger partial charge in [0.25, 0.3) is 5.69 Å². The van der Waals surface area contributed by atoms with Crippen molar-refractivity contribution in [2.24, 2.45) is 0 Å². The Morgan fingerprint density at radius 3 is 2.53 bits per heavy atom. The van der Waals surface area contributed by atoms with Gasteiger partial charge in [-0.05, 0) is 36.1 Å². The van der Waals surface area contributed by atoms with Crippen LogP contribution in [0.15, 0.2) is 76.5 Å². The van der Waals surface area contributed by atoms with Crippen molar-refractivity contribution in [2.45, 2.75) is 50.1 Å². The molecule has 1 amide bonds. The summed E-state index contributed by atoms with van der Waals surface area (Å²) >= 11 is 1.25. The number of carbonyl (C=O) groups is 1. The highest BCUT2D eigenvalue weighted by molar-refractivity contribution is 8.00. The molecule has 0 aliphatic carbocycles. The zero-order chi connectivity index (χ0) is 25.9. The molecule has 4 rings (SSSR count). The smallest absolute Gasteiger partial charge is 0.271 e. The Balaban J connectivity index is 1.58. The molecule has 0 saturated carbocycles. The van der Waals surface area contributed by atoms with Gasteiger partial charge in [0, 0.05) is 23.4 Å². The van der Waals surface area contributed by atoms with Gasteiger partial charge in [-0.2, -0.15) is 0 Å². The van der Waals surface area contributed by atoms with E-state index in [0.29, 0.717) is 23.2 Å². The molecule has 0 radical (unpaired) electrons. The molecule has 1 atom stereocenters. The van der Waals surface area contributed by atoms with Crippen LogP contribution in [-0.4, -0.2) is 30.8 Å². The maximum Gasteiger partial charge on any atom is 0.271 e. The second-order valence-corrected chi connectivity index (χ2v) is 10.7. The van der Waals surface area contributed by atoms with Gasteiger partial charge in [-0.1, -0.05) is 62.9 Å². The van der Waals surface area contributed by atoms with Gasteiger partial charge < -0.3 is 9.73 Å². The molecule has 0 bridgehead atoms. The Morgan fingerprint density at radius 1 is 1.14 bits per heavy atom. The van der Waals surface area contributed by atoms with Gasteiger partial charge in [0.1, 0.15) is 5.76 Å². The molecular weight excluding hydrogens is 478 g/mol. The standard InChI is InChI=1S/C26H27N5O4S/c1-17(24(32)27-20-7-5-8-21(15-20)31(33)34)36-25-29-28-23(30(25)16-22-9-6-14-35-22)18-10-12-19(13-11-18)26(2,3)4/h5-15,17H,16H2,1-4H3,(H,27,32)/t17-/m1/s1. The van der Waals surface area contributed by atoms with Gasteiger partial charge in [-0.15, -0.1) is 10.2 Å². The van der Waals surface area contributed by atoms with E-state index in [4.69, 9.17) is 4.42 Å². The van der Waals surface area contributed by atoms with E-state index in [1.54, 1.807) is 19.3 Å². The van der Waals surface area contributed by atoms with Crippen molar-refractivity contribution in [3.63, 3.8) is 0 Å². The van der Waals surface area contributed by atoms with E-state index in [2.05, 4.69) is 48.4 Å². The maximum absolute atomic E-state index is 12.9. The van der Waals surface area contributed by atoms with Crippen LogP contribution >= 0.6 is 11.8 Å². The van der Waals surface area contributed by atoms with Gasteiger partial charge in [-0.25, -0.2) is 0 Å². The van der Waals surface area contributed by atoms with Crippen LogP contribution in [0.4, 0.5) is 11.4 Å². The van der Waals surface area contributed by atoms with Crippen molar-refractivity contribution >= 4 is 29.0 Å². The summed E-state index contributed by atoms with van der Waals surface area (Å²) in [6.45, 7) is 8.64. The lowest BCUT2D eigenvalue weighted by Gasteiger charge is -2.19. The van der Waals surface area contributed by atoms with E-state index < -0.39 is 10.2 Å². The van der Waals surface area contributed by atoms with Crippen molar-refractivity contribution in [1.82, 2.24) is 14.8 Å². The monoisotopic (exact) mass is 505 g/mol.